The van der Waals surface area contributed by atoms with Crippen LogP contribution >= 0.6 is 0 Å². The molecule has 2 aromatic carbocycles. The fourth-order valence-corrected chi connectivity index (χ4v) is 2.98. The average molecular weight is 346 g/mol. The molecule has 0 aliphatic carbocycles. The molecule has 25 heavy (non-hydrogen) atoms. The number of nitrogens with one attached hydrogen (secondary N) is 2. The molecule has 2 atom stereocenters. The average Bonchev–Trinajstić information content (AvgIpc) is 2.59. The highest BCUT2D eigenvalue weighted by Crippen LogP contribution is 2.32. The van der Waals surface area contributed by atoms with Crippen LogP contribution in [0.3, 0.4) is 0 Å². The Kier molecular flexibility index (Phi) is 4.99. The minimum Gasteiger partial charge on any atom is -0.482 e. The van der Waals surface area contributed by atoms with Crippen LogP contribution < -0.4 is 15.4 Å². The standard InChI is InChI=1S/C19H20F2N2O2/c1-3-16(14-6-5-13(20)9-15(14)21)22-11(2)12-4-7-18-17(8-12)23-19(24)10-25-18/h4-9,11,16,22H,3,10H2,1-2H3,(H,23,24)/t11-,16-/m1/s1. The van der Waals surface area contributed by atoms with E-state index in [4.69, 9.17) is 4.74 Å². The van der Waals surface area contributed by atoms with Crippen molar-refractivity contribution in [3.63, 3.8) is 0 Å². The molecule has 3 rings (SSSR count). The van der Waals surface area contributed by atoms with Gasteiger partial charge in [0.15, 0.2) is 6.61 Å². The summed E-state index contributed by atoms with van der Waals surface area (Å²) < 4.78 is 32.5. The summed E-state index contributed by atoms with van der Waals surface area (Å²) >= 11 is 0. The molecule has 2 N–H and O–H groups in total. The zero-order chi connectivity index (χ0) is 18.0. The Morgan fingerprint density at radius 2 is 2.04 bits per heavy atom. The molecule has 132 valence electrons. The van der Waals surface area contributed by atoms with Gasteiger partial charge in [-0.05, 0) is 37.1 Å². The number of benzene rings is 2. The largest absolute Gasteiger partial charge is 0.482 e. The van der Waals surface area contributed by atoms with Crippen LogP contribution in [0.2, 0.25) is 0 Å². The van der Waals surface area contributed by atoms with Gasteiger partial charge in [-0.15, -0.1) is 0 Å². The Morgan fingerprint density at radius 1 is 1.24 bits per heavy atom. The number of amides is 1. The Bertz CT molecular complexity index is 795. The van der Waals surface area contributed by atoms with Crippen LogP contribution in [0.25, 0.3) is 0 Å². The molecular weight excluding hydrogens is 326 g/mol. The zero-order valence-electron chi connectivity index (χ0n) is 14.1. The second kappa shape index (κ2) is 7.19. The van der Waals surface area contributed by atoms with Gasteiger partial charge in [0.05, 0.1) is 5.69 Å². The van der Waals surface area contributed by atoms with Gasteiger partial charge < -0.3 is 15.4 Å². The molecule has 2 aromatic rings. The summed E-state index contributed by atoms with van der Waals surface area (Å²) in [5.74, 6) is -0.704. The lowest BCUT2D eigenvalue weighted by Gasteiger charge is -2.25. The molecule has 0 bridgehead atoms. The fraction of sp³-hybridized carbons (Fsp3) is 0.316. The predicted octanol–water partition coefficient (Wildman–Crippen LogP) is 4.10. The monoisotopic (exact) mass is 346 g/mol. The van der Waals surface area contributed by atoms with Crippen molar-refractivity contribution in [2.45, 2.75) is 32.4 Å². The van der Waals surface area contributed by atoms with E-state index in [2.05, 4.69) is 10.6 Å². The number of hydrogen-bond acceptors (Lipinski definition) is 3. The molecule has 1 amide bonds. The lowest BCUT2D eigenvalue weighted by Crippen LogP contribution is -2.27. The van der Waals surface area contributed by atoms with Gasteiger partial charge in [0, 0.05) is 23.7 Å². The summed E-state index contributed by atoms with van der Waals surface area (Å²) in [5.41, 5.74) is 2.00. The number of ether oxygens (including phenoxy) is 1. The molecule has 0 spiro atoms. The van der Waals surface area contributed by atoms with Crippen molar-refractivity contribution in [2.75, 3.05) is 11.9 Å². The van der Waals surface area contributed by atoms with Crippen LogP contribution in [0, 0.1) is 11.6 Å². The molecule has 0 unspecified atom stereocenters. The van der Waals surface area contributed by atoms with Crippen molar-refractivity contribution >= 4 is 11.6 Å². The van der Waals surface area contributed by atoms with E-state index in [1.807, 2.05) is 32.0 Å². The Morgan fingerprint density at radius 3 is 2.76 bits per heavy atom. The van der Waals surface area contributed by atoms with Crippen LogP contribution in [0.1, 0.15) is 43.5 Å². The molecular formula is C19H20F2N2O2. The fourth-order valence-electron chi connectivity index (χ4n) is 2.98. The van der Waals surface area contributed by atoms with E-state index in [0.717, 1.165) is 11.6 Å². The number of carbonyl (C=O) groups excluding carboxylic acids is 1. The van der Waals surface area contributed by atoms with Crippen molar-refractivity contribution in [2.24, 2.45) is 0 Å². The summed E-state index contributed by atoms with van der Waals surface area (Å²) in [5, 5.41) is 6.14. The van der Waals surface area contributed by atoms with Crippen LogP contribution in [0.5, 0.6) is 5.75 Å². The van der Waals surface area contributed by atoms with Crippen molar-refractivity contribution in [1.82, 2.24) is 5.32 Å². The minimum atomic E-state index is -0.588. The SMILES string of the molecule is CC[C@@H](N[C@H](C)c1ccc2c(c1)NC(=O)CO2)c1ccc(F)cc1F. The van der Waals surface area contributed by atoms with Gasteiger partial charge in [-0.3, -0.25) is 4.79 Å². The highest BCUT2D eigenvalue weighted by atomic mass is 19.1. The van der Waals surface area contributed by atoms with Crippen molar-refractivity contribution in [3.05, 3.63) is 59.2 Å². The number of carbonyl (C=O) groups is 1. The first-order valence-electron chi connectivity index (χ1n) is 8.25. The summed E-state index contributed by atoms with van der Waals surface area (Å²) in [6.07, 6.45) is 0.650. The van der Waals surface area contributed by atoms with Crippen LogP contribution in [0.4, 0.5) is 14.5 Å². The lowest BCUT2D eigenvalue weighted by atomic mass is 10.00. The molecule has 0 fully saturated rings. The smallest absolute Gasteiger partial charge is 0.262 e. The second-order valence-corrected chi connectivity index (χ2v) is 6.11. The third-order valence-electron chi connectivity index (χ3n) is 4.33. The molecule has 6 heteroatoms. The third kappa shape index (κ3) is 3.79. The molecule has 0 saturated carbocycles. The predicted molar refractivity (Wildman–Crippen MR) is 91.5 cm³/mol. The highest BCUT2D eigenvalue weighted by molar-refractivity contribution is 5.95. The van der Waals surface area contributed by atoms with Gasteiger partial charge in [0.1, 0.15) is 17.4 Å². The van der Waals surface area contributed by atoms with E-state index in [-0.39, 0.29) is 24.6 Å². The Labute approximate surface area is 145 Å². The van der Waals surface area contributed by atoms with E-state index in [0.29, 0.717) is 23.4 Å². The van der Waals surface area contributed by atoms with Crippen molar-refractivity contribution in [1.29, 1.82) is 0 Å². The Balaban J connectivity index is 1.79. The summed E-state index contributed by atoms with van der Waals surface area (Å²) in [6.45, 7) is 3.91. The number of hydrogen-bond donors (Lipinski definition) is 2. The van der Waals surface area contributed by atoms with E-state index in [1.54, 1.807) is 0 Å². The maximum atomic E-state index is 14.1. The van der Waals surface area contributed by atoms with E-state index in [9.17, 15) is 13.6 Å². The number of fused-ring (bicyclic) bond motifs is 1. The molecule has 1 heterocycles. The van der Waals surface area contributed by atoms with Crippen molar-refractivity contribution in [3.8, 4) is 5.75 Å². The van der Waals surface area contributed by atoms with E-state index in [1.165, 1.54) is 12.1 Å². The first-order chi connectivity index (χ1) is 12.0. The maximum Gasteiger partial charge on any atom is 0.262 e. The molecule has 1 aliphatic rings. The highest BCUT2D eigenvalue weighted by Gasteiger charge is 2.20. The lowest BCUT2D eigenvalue weighted by molar-refractivity contribution is -0.118. The Hall–Kier alpha value is -2.47. The molecule has 4 nitrogen and oxygen atoms in total. The molecule has 1 aliphatic heterocycles. The van der Waals surface area contributed by atoms with Crippen molar-refractivity contribution < 1.29 is 18.3 Å². The van der Waals surface area contributed by atoms with Crippen LogP contribution in [0.15, 0.2) is 36.4 Å². The molecule has 0 aromatic heterocycles. The second-order valence-electron chi connectivity index (χ2n) is 6.11. The van der Waals surface area contributed by atoms with E-state index >= 15 is 0 Å². The summed E-state index contributed by atoms with van der Waals surface area (Å²) in [6, 6.07) is 8.84. The minimum absolute atomic E-state index is 0.0158. The summed E-state index contributed by atoms with van der Waals surface area (Å²) in [4.78, 5) is 11.5. The topological polar surface area (TPSA) is 50.4 Å². The van der Waals surface area contributed by atoms with Gasteiger partial charge in [-0.1, -0.05) is 19.1 Å². The van der Waals surface area contributed by atoms with Gasteiger partial charge in [0.25, 0.3) is 5.91 Å². The van der Waals surface area contributed by atoms with Gasteiger partial charge >= 0.3 is 0 Å². The first kappa shape index (κ1) is 17.4. The third-order valence-corrected chi connectivity index (χ3v) is 4.33. The van der Waals surface area contributed by atoms with Gasteiger partial charge in [-0.2, -0.15) is 0 Å². The normalized spacial score (nSPS) is 15.8. The molecule has 0 saturated heterocycles. The number of halogens is 2. The summed E-state index contributed by atoms with van der Waals surface area (Å²) in [7, 11) is 0. The van der Waals surface area contributed by atoms with E-state index < -0.39 is 11.6 Å². The van der Waals surface area contributed by atoms with Crippen LogP contribution in [-0.2, 0) is 4.79 Å². The first-order valence-corrected chi connectivity index (χ1v) is 8.25. The zero-order valence-corrected chi connectivity index (χ0v) is 14.1. The van der Waals surface area contributed by atoms with Gasteiger partial charge in [-0.25, -0.2) is 8.78 Å². The van der Waals surface area contributed by atoms with Crippen LogP contribution in [-0.4, -0.2) is 12.5 Å². The number of anilines is 1. The maximum absolute atomic E-state index is 14.1. The molecule has 0 radical (unpaired) electrons. The van der Waals surface area contributed by atoms with Gasteiger partial charge in [0.2, 0.25) is 0 Å². The number of rotatable bonds is 5. The quantitative estimate of drug-likeness (QED) is 0.857.